The molecule has 1 aromatic rings. The maximum absolute atomic E-state index is 2.54. The summed E-state index contributed by atoms with van der Waals surface area (Å²) in [5.41, 5.74) is 2.91. The minimum atomic E-state index is -1.22. The zero-order chi connectivity index (χ0) is 11.9. The summed E-state index contributed by atoms with van der Waals surface area (Å²) in [7, 11) is -2.26. The molecule has 0 atom stereocenters. The van der Waals surface area contributed by atoms with Crippen LogP contribution in [0, 0.1) is 13.8 Å². The molecule has 0 bridgehead atoms. The van der Waals surface area contributed by atoms with E-state index in [9.17, 15) is 0 Å². The Morgan fingerprint density at radius 1 is 0.867 bits per heavy atom. The van der Waals surface area contributed by atoms with E-state index >= 15 is 0 Å². The van der Waals surface area contributed by atoms with Gasteiger partial charge in [-0.25, -0.2) is 0 Å². The van der Waals surface area contributed by atoms with E-state index in [1.54, 1.807) is 5.19 Å². The summed E-state index contributed by atoms with van der Waals surface area (Å²) in [5, 5.41) is 1.68. The van der Waals surface area contributed by atoms with Crippen molar-refractivity contribution in [2.75, 3.05) is 0 Å². The Morgan fingerprint density at radius 3 is 1.87 bits per heavy atom. The van der Waals surface area contributed by atoms with Crippen LogP contribution in [0.2, 0.25) is 32.7 Å². The van der Waals surface area contributed by atoms with Crippen molar-refractivity contribution in [2.24, 2.45) is 0 Å². The molecule has 84 valence electrons. The van der Waals surface area contributed by atoms with Crippen LogP contribution in [0.5, 0.6) is 0 Å². The molecule has 1 aromatic carbocycles. The van der Waals surface area contributed by atoms with Gasteiger partial charge in [-0.1, -0.05) is 67.2 Å². The Labute approximate surface area is 96.5 Å². The summed E-state index contributed by atoms with van der Waals surface area (Å²) in [5.74, 6) is 0. The summed E-state index contributed by atoms with van der Waals surface area (Å²) >= 11 is 0. The normalized spacial score (nSPS) is 13.0. The maximum atomic E-state index is 2.54. The SMILES string of the molecule is Cc1ccc(C)c([Si](C)(C)[Si](C)(C)C)c1. The second-order valence-corrected chi connectivity index (χ2v) is 22.7. The van der Waals surface area contributed by atoms with Crippen molar-refractivity contribution >= 4 is 20.4 Å². The van der Waals surface area contributed by atoms with Gasteiger partial charge >= 0.3 is 0 Å². The Kier molecular flexibility index (Phi) is 3.31. The van der Waals surface area contributed by atoms with Gasteiger partial charge in [-0.05, 0) is 13.8 Å². The summed E-state index contributed by atoms with van der Waals surface area (Å²) in [6.45, 7) is 17.1. The van der Waals surface area contributed by atoms with Gasteiger partial charge in [-0.2, -0.15) is 0 Å². The first-order valence-electron chi connectivity index (χ1n) is 5.74. The molecule has 0 aromatic heterocycles. The Bertz CT molecular complexity index is 359. The second kappa shape index (κ2) is 3.91. The summed E-state index contributed by atoms with van der Waals surface area (Å²) in [4.78, 5) is 0. The number of rotatable bonds is 2. The molecule has 0 radical (unpaired) electrons. The van der Waals surface area contributed by atoms with Crippen LogP contribution in [-0.4, -0.2) is 15.2 Å². The fourth-order valence-electron chi connectivity index (χ4n) is 1.81. The van der Waals surface area contributed by atoms with E-state index in [0.29, 0.717) is 0 Å². The summed E-state index contributed by atoms with van der Waals surface area (Å²) in [6.07, 6.45) is 0. The first-order valence-corrected chi connectivity index (χ1v) is 13.2. The predicted octanol–water partition coefficient (Wildman–Crippen LogP) is 3.64. The van der Waals surface area contributed by atoms with Gasteiger partial charge in [0.25, 0.3) is 0 Å². The van der Waals surface area contributed by atoms with Gasteiger partial charge in [0.15, 0.2) is 0 Å². The highest BCUT2D eigenvalue weighted by molar-refractivity contribution is 7.45. The molecule has 0 aliphatic carbocycles. The number of hydrogen-bond acceptors (Lipinski definition) is 0. The van der Waals surface area contributed by atoms with Crippen LogP contribution in [0.15, 0.2) is 18.2 Å². The van der Waals surface area contributed by atoms with Crippen LogP contribution in [0.3, 0.4) is 0 Å². The van der Waals surface area contributed by atoms with Crippen molar-refractivity contribution in [3.8, 4) is 0 Å². The molecule has 0 unspecified atom stereocenters. The van der Waals surface area contributed by atoms with Crippen molar-refractivity contribution in [3.63, 3.8) is 0 Å². The van der Waals surface area contributed by atoms with Crippen LogP contribution in [-0.2, 0) is 0 Å². The molecule has 0 spiro atoms. The lowest BCUT2D eigenvalue weighted by Crippen LogP contribution is -2.61. The molecule has 0 amide bonds. The number of aryl methyl sites for hydroxylation is 2. The first kappa shape index (κ1) is 12.7. The van der Waals surface area contributed by atoms with Gasteiger partial charge in [0.2, 0.25) is 0 Å². The molecule has 0 heterocycles. The van der Waals surface area contributed by atoms with Gasteiger partial charge in [0.1, 0.15) is 0 Å². The van der Waals surface area contributed by atoms with Crippen LogP contribution in [0.1, 0.15) is 11.1 Å². The number of benzene rings is 1. The average Bonchev–Trinajstić information content (AvgIpc) is 2.07. The molecule has 1 rings (SSSR count). The monoisotopic (exact) mass is 236 g/mol. The van der Waals surface area contributed by atoms with Crippen LogP contribution in [0.4, 0.5) is 0 Å². The molecule has 0 aliphatic heterocycles. The van der Waals surface area contributed by atoms with Gasteiger partial charge in [0.05, 0.1) is 7.59 Å². The molecule has 0 fully saturated rings. The smallest absolute Gasteiger partial charge is 0.0712 e. The van der Waals surface area contributed by atoms with Gasteiger partial charge in [0, 0.05) is 7.59 Å². The predicted molar refractivity (Wildman–Crippen MR) is 76.4 cm³/mol. The van der Waals surface area contributed by atoms with Gasteiger partial charge < -0.3 is 0 Å². The zero-order valence-corrected chi connectivity index (χ0v) is 13.2. The van der Waals surface area contributed by atoms with Crippen LogP contribution >= 0.6 is 0 Å². The zero-order valence-electron chi connectivity index (χ0n) is 11.2. The lowest BCUT2D eigenvalue weighted by molar-refractivity contribution is 1.42. The standard InChI is InChI=1S/C13H24Si2/c1-11-8-9-12(2)13(10-11)15(6,7)14(3,4)5/h8-10H,1-7H3. The quantitative estimate of drug-likeness (QED) is 0.688. The molecule has 0 saturated heterocycles. The third-order valence-electron chi connectivity index (χ3n) is 3.94. The molecule has 0 aliphatic rings. The molecule has 15 heavy (non-hydrogen) atoms. The molecule has 0 N–H and O–H groups in total. The topological polar surface area (TPSA) is 0 Å². The highest BCUT2D eigenvalue weighted by Gasteiger charge is 2.39. The average molecular weight is 237 g/mol. The molecular formula is C13H24Si2. The Hall–Kier alpha value is -0.346. The molecule has 2 heteroatoms. The van der Waals surface area contributed by atoms with E-state index in [1.165, 1.54) is 11.1 Å². The van der Waals surface area contributed by atoms with Crippen molar-refractivity contribution < 1.29 is 0 Å². The molecule has 0 saturated carbocycles. The maximum Gasteiger partial charge on any atom is 0.0739 e. The molecule has 0 nitrogen and oxygen atoms in total. The first-order chi connectivity index (χ1) is 6.66. The third-order valence-corrected chi connectivity index (χ3v) is 21.6. The van der Waals surface area contributed by atoms with E-state index in [2.05, 4.69) is 64.8 Å². The van der Waals surface area contributed by atoms with Crippen LogP contribution in [0.25, 0.3) is 0 Å². The van der Waals surface area contributed by atoms with Crippen molar-refractivity contribution in [1.29, 1.82) is 0 Å². The summed E-state index contributed by atoms with van der Waals surface area (Å²) in [6, 6.07) is 6.95. The van der Waals surface area contributed by atoms with Crippen molar-refractivity contribution in [3.05, 3.63) is 29.3 Å². The van der Waals surface area contributed by atoms with Gasteiger partial charge in [-0.3, -0.25) is 0 Å². The highest BCUT2D eigenvalue weighted by Crippen LogP contribution is 2.20. The Balaban J connectivity index is 3.32. The van der Waals surface area contributed by atoms with E-state index in [-0.39, 0.29) is 0 Å². The summed E-state index contributed by atoms with van der Waals surface area (Å²) < 4.78 is 0. The van der Waals surface area contributed by atoms with Gasteiger partial charge in [-0.15, -0.1) is 0 Å². The van der Waals surface area contributed by atoms with Crippen molar-refractivity contribution in [2.45, 2.75) is 46.6 Å². The van der Waals surface area contributed by atoms with E-state index in [1.807, 2.05) is 0 Å². The van der Waals surface area contributed by atoms with E-state index < -0.39 is 15.2 Å². The fourth-order valence-corrected chi connectivity index (χ4v) is 7.51. The minimum absolute atomic E-state index is 1.04. The third kappa shape index (κ3) is 2.42. The highest BCUT2D eigenvalue weighted by atomic mass is 29.3. The lowest BCUT2D eigenvalue weighted by atomic mass is 10.2. The minimum Gasteiger partial charge on any atom is -0.0712 e. The molecular weight excluding hydrogens is 212 g/mol. The second-order valence-electron chi connectivity index (χ2n) is 6.19. The van der Waals surface area contributed by atoms with Crippen molar-refractivity contribution in [1.82, 2.24) is 0 Å². The fraction of sp³-hybridized carbons (Fsp3) is 0.538. The number of hydrogen-bond donors (Lipinski definition) is 0. The Morgan fingerprint density at radius 2 is 1.40 bits per heavy atom. The van der Waals surface area contributed by atoms with Crippen LogP contribution < -0.4 is 5.19 Å². The van der Waals surface area contributed by atoms with E-state index in [4.69, 9.17) is 0 Å². The van der Waals surface area contributed by atoms with E-state index in [0.717, 1.165) is 0 Å². The largest absolute Gasteiger partial charge is 0.0739 e. The lowest BCUT2D eigenvalue weighted by Gasteiger charge is -2.37.